The molecule has 0 aromatic carbocycles. The number of piperazine rings is 1. The number of nitrogens with zero attached hydrogens (tertiary/aromatic N) is 4. The van der Waals surface area contributed by atoms with Gasteiger partial charge in [-0.1, -0.05) is 13.8 Å². The summed E-state index contributed by atoms with van der Waals surface area (Å²) in [5.41, 5.74) is 2.46. The largest absolute Gasteiger partial charge is 0.362 e. The Balaban J connectivity index is 1.78. The normalized spacial score (nSPS) is 16.5. The fourth-order valence-corrected chi connectivity index (χ4v) is 2.82. The zero-order valence-corrected chi connectivity index (χ0v) is 14.4. The molecule has 1 aromatic rings. The van der Waals surface area contributed by atoms with E-state index in [4.69, 9.17) is 12.2 Å². The van der Waals surface area contributed by atoms with Crippen LogP contribution in [0.5, 0.6) is 0 Å². The molecule has 0 atom stereocenters. The third-order valence-electron chi connectivity index (χ3n) is 3.83. The smallest absolute Gasteiger partial charge is 0.169 e. The van der Waals surface area contributed by atoms with Crippen molar-refractivity contribution in [1.29, 1.82) is 0 Å². The van der Waals surface area contributed by atoms with Crippen LogP contribution in [0.25, 0.3) is 0 Å². The molecule has 1 aliphatic heterocycles. The van der Waals surface area contributed by atoms with Gasteiger partial charge in [0.05, 0.1) is 5.69 Å². The maximum Gasteiger partial charge on any atom is 0.169 e. The molecule has 0 aliphatic carbocycles. The first-order valence-corrected chi connectivity index (χ1v) is 8.10. The average Bonchev–Trinajstić information content (AvgIpc) is 2.75. The minimum atomic E-state index is 0.623. The van der Waals surface area contributed by atoms with Crippen molar-refractivity contribution in [3.63, 3.8) is 0 Å². The first kappa shape index (κ1) is 16.2. The second-order valence-corrected chi connectivity index (χ2v) is 6.64. The fraction of sp³-hybridized carbons (Fsp3) is 0.733. The van der Waals surface area contributed by atoms with Crippen molar-refractivity contribution in [2.24, 2.45) is 13.0 Å². The molecular weight excluding hydrogens is 282 g/mol. The predicted octanol–water partition coefficient (Wildman–Crippen LogP) is 1.38. The molecule has 0 unspecified atom stereocenters. The van der Waals surface area contributed by atoms with E-state index in [9.17, 15) is 0 Å². The molecule has 5 nitrogen and oxygen atoms in total. The third-order valence-corrected chi connectivity index (χ3v) is 4.23. The summed E-state index contributed by atoms with van der Waals surface area (Å²) in [7, 11) is 1.98. The van der Waals surface area contributed by atoms with Crippen LogP contribution in [0.4, 0.5) is 0 Å². The number of hydrogen-bond acceptors (Lipinski definition) is 3. The van der Waals surface area contributed by atoms with Crippen molar-refractivity contribution in [2.75, 3.05) is 32.7 Å². The molecule has 0 bridgehead atoms. The van der Waals surface area contributed by atoms with Crippen LogP contribution in [-0.4, -0.2) is 57.4 Å². The Kier molecular flexibility index (Phi) is 5.58. The van der Waals surface area contributed by atoms with Gasteiger partial charge in [-0.3, -0.25) is 9.58 Å². The molecule has 118 valence electrons. The van der Waals surface area contributed by atoms with Crippen LogP contribution >= 0.6 is 12.2 Å². The highest BCUT2D eigenvalue weighted by Crippen LogP contribution is 2.11. The number of thiocarbonyl (C=S) groups is 1. The Bertz CT molecular complexity index is 474. The SMILES string of the molecule is Cc1nn(C)cc1CN1CCN(C(=S)NCC(C)C)CC1. The molecule has 21 heavy (non-hydrogen) atoms. The third kappa shape index (κ3) is 4.68. The number of nitrogens with one attached hydrogen (secondary N) is 1. The molecule has 1 N–H and O–H groups in total. The highest BCUT2D eigenvalue weighted by atomic mass is 32.1. The van der Waals surface area contributed by atoms with Crippen LogP contribution in [0.2, 0.25) is 0 Å². The van der Waals surface area contributed by atoms with E-state index in [0.29, 0.717) is 5.92 Å². The Morgan fingerprint density at radius 1 is 1.33 bits per heavy atom. The summed E-state index contributed by atoms with van der Waals surface area (Å²) >= 11 is 5.47. The highest BCUT2D eigenvalue weighted by Gasteiger charge is 2.19. The summed E-state index contributed by atoms with van der Waals surface area (Å²) in [6, 6.07) is 0. The van der Waals surface area contributed by atoms with Crippen LogP contribution in [0.15, 0.2) is 6.20 Å². The van der Waals surface area contributed by atoms with Gasteiger partial charge in [0.25, 0.3) is 0 Å². The summed E-state index contributed by atoms with van der Waals surface area (Å²) < 4.78 is 1.89. The Morgan fingerprint density at radius 2 is 2.00 bits per heavy atom. The molecule has 2 heterocycles. The number of rotatable bonds is 4. The summed E-state index contributed by atoms with van der Waals surface area (Å²) in [6.07, 6.45) is 2.12. The lowest BCUT2D eigenvalue weighted by atomic mass is 10.2. The Labute approximate surface area is 133 Å². The Morgan fingerprint density at radius 3 is 2.52 bits per heavy atom. The van der Waals surface area contributed by atoms with Crippen molar-refractivity contribution in [1.82, 2.24) is 24.9 Å². The van der Waals surface area contributed by atoms with Crippen LogP contribution < -0.4 is 5.32 Å². The molecule has 0 radical (unpaired) electrons. The summed E-state index contributed by atoms with van der Waals surface area (Å²) in [5.74, 6) is 0.623. The van der Waals surface area contributed by atoms with Gasteiger partial charge in [0.2, 0.25) is 0 Å². The number of aromatic nitrogens is 2. The van der Waals surface area contributed by atoms with Crippen molar-refractivity contribution in [2.45, 2.75) is 27.3 Å². The van der Waals surface area contributed by atoms with Gasteiger partial charge in [-0.25, -0.2) is 0 Å². The van der Waals surface area contributed by atoms with E-state index < -0.39 is 0 Å². The summed E-state index contributed by atoms with van der Waals surface area (Å²) in [4.78, 5) is 4.76. The lowest BCUT2D eigenvalue weighted by molar-refractivity contribution is 0.174. The summed E-state index contributed by atoms with van der Waals surface area (Å²) in [6.45, 7) is 12.5. The molecule has 0 saturated carbocycles. The van der Waals surface area contributed by atoms with Gasteiger partial charge in [0.1, 0.15) is 0 Å². The van der Waals surface area contributed by atoms with Gasteiger partial charge in [0, 0.05) is 58.1 Å². The molecule has 1 saturated heterocycles. The minimum absolute atomic E-state index is 0.623. The maximum absolute atomic E-state index is 5.47. The summed E-state index contributed by atoms with van der Waals surface area (Å²) in [5, 5.41) is 8.67. The van der Waals surface area contributed by atoms with E-state index in [2.05, 4.69) is 47.2 Å². The van der Waals surface area contributed by atoms with Gasteiger partial charge in [-0.05, 0) is 25.1 Å². The quantitative estimate of drug-likeness (QED) is 0.850. The van der Waals surface area contributed by atoms with Gasteiger partial charge in [0.15, 0.2) is 5.11 Å². The number of aryl methyl sites for hydroxylation is 2. The molecule has 1 aromatic heterocycles. The lowest BCUT2D eigenvalue weighted by Gasteiger charge is -2.36. The van der Waals surface area contributed by atoms with Gasteiger partial charge >= 0.3 is 0 Å². The zero-order chi connectivity index (χ0) is 15.4. The van der Waals surface area contributed by atoms with Gasteiger partial charge in [-0.15, -0.1) is 0 Å². The second-order valence-electron chi connectivity index (χ2n) is 6.26. The zero-order valence-electron chi connectivity index (χ0n) is 13.6. The van der Waals surface area contributed by atoms with Crippen LogP contribution in [0.1, 0.15) is 25.1 Å². The topological polar surface area (TPSA) is 36.3 Å². The van der Waals surface area contributed by atoms with E-state index in [-0.39, 0.29) is 0 Å². The van der Waals surface area contributed by atoms with Crippen LogP contribution in [-0.2, 0) is 13.6 Å². The van der Waals surface area contributed by atoms with E-state index in [1.165, 1.54) is 5.56 Å². The maximum atomic E-state index is 5.47. The van der Waals surface area contributed by atoms with Crippen molar-refractivity contribution >= 4 is 17.3 Å². The monoisotopic (exact) mass is 309 g/mol. The molecule has 0 amide bonds. The van der Waals surface area contributed by atoms with E-state index in [1.54, 1.807) is 0 Å². The standard InChI is InChI=1S/C15H27N5S/c1-12(2)9-16-15(21)20-7-5-19(6-8-20)11-14-10-18(4)17-13(14)3/h10,12H,5-9,11H2,1-4H3,(H,16,21). The highest BCUT2D eigenvalue weighted by molar-refractivity contribution is 7.80. The molecule has 0 spiro atoms. The predicted molar refractivity (Wildman–Crippen MR) is 90.2 cm³/mol. The Hall–Kier alpha value is -1.14. The molecule has 1 fully saturated rings. The van der Waals surface area contributed by atoms with Crippen molar-refractivity contribution in [3.8, 4) is 0 Å². The molecule has 2 rings (SSSR count). The lowest BCUT2D eigenvalue weighted by Crippen LogP contribution is -2.51. The van der Waals surface area contributed by atoms with Gasteiger partial charge < -0.3 is 10.2 Å². The molecule has 1 aliphatic rings. The van der Waals surface area contributed by atoms with Crippen LogP contribution in [0.3, 0.4) is 0 Å². The van der Waals surface area contributed by atoms with E-state index in [1.807, 2.05) is 11.7 Å². The minimum Gasteiger partial charge on any atom is -0.362 e. The first-order chi connectivity index (χ1) is 9.95. The molecule has 6 heteroatoms. The fourth-order valence-electron chi connectivity index (χ4n) is 2.56. The number of hydrogen-bond donors (Lipinski definition) is 1. The first-order valence-electron chi connectivity index (χ1n) is 7.70. The second kappa shape index (κ2) is 7.22. The molecular formula is C15H27N5S. The van der Waals surface area contributed by atoms with E-state index >= 15 is 0 Å². The average molecular weight is 309 g/mol. The van der Waals surface area contributed by atoms with Crippen molar-refractivity contribution in [3.05, 3.63) is 17.5 Å². The van der Waals surface area contributed by atoms with Crippen LogP contribution in [0, 0.1) is 12.8 Å². The van der Waals surface area contributed by atoms with E-state index in [0.717, 1.165) is 50.1 Å². The van der Waals surface area contributed by atoms with Gasteiger partial charge in [-0.2, -0.15) is 5.10 Å². The van der Waals surface area contributed by atoms with Crippen molar-refractivity contribution < 1.29 is 0 Å².